The number of amides is 2. The van der Waals surface area contributed by atoms with Crippen molar-refractivity contribution in [2.45, 2.75) is 65.0 Å². The van der Waals surface area contributed by atoms with Gasteiger partial charge in [-0.1, -0.05) is 40.0 Å². The topological polar surface area (TPSA) is 69.6 Å². The molecule has 0 heterocycles. The van der Waals surface area contributed by atoms with E-state index in [1.165, 1.54) is 6.42 Å². The van der Waals surface area contributed by atoms with Gasteiger partial charge >= 0.3 is 12.0 Å². The van der Waals surface area contributed by atoms with Gasteiger partial charge in [0.15, 0.2) is 0 Å². The lowest BCUT2D eigenvalue weighted by Gasteiger charge is -2.34. The summed E-state index contributed by atoms with van der Waals surface area (Å²) in [5.74, 6) is -0.988. The molecular formula is C14H26N2O3. The Bertz CT molecular complexity index is 330. The van der Waals surface area contributed by atoms with Crippen molar-refractivity contribution in [3.63, 3.8) is 0 Å². The maximum absolute atomic E-state index is 12.2. The van der Waals surface area contributed by atoms with Gasteiger partial charge < -0.3 is 15.3 Å². The van der Waals surface area contributed by atoms with Crippen LogP contribution in [-0.4, -0.2) is 41.1 Å². The highest BCUT2D eigenvalue weighted by molar-refractivity contribution is 5.83. The normalized spacial score (nSPS) is 18.7. The monoisotopic (exact) mass is 270 g/mol. The minimum absolute atomic E-state index is 0.239. The first-order chi connectivity index (χ1) is 8.73. The second kappa shape index (κ2) is 6.26. The average molecular weight is 270 g/mol. The molecule has 0 bridgehead atoms. The average Bonchev–Trinajstić information content (AvgIpc) is 2.34. The molecule has 1 aliphatic rings. The van der Waals surface area contributed by atoms with Crippen molar-refractivity contribution in [1.82, 2.24) is 10.2 Å². The van der Waals surface area contributed by atoms with E-state index in [-0.39, 0.29) is 12.1 Å². The van der Waals surface area contributed by atoms with Crippen LogP contribution >= 0.6 is 0 Å². The van der Waals surface area contributed by atoms with Gasteiger partial charge in [-0.25, -0.2) is 9.59 Å². The highest BCUT2D eigenvalue weighted by atomic mass is 16.4. The zero-order valence-corrected chi connectivity index (χ0v) is 12.4. The molecule has 0 aliphatic heterocycles. The van der Waals surface area contributed by atoms with Crippen molar-refractivity contribution in [2.75, 3.05) is 7.05 Å². The van der Waals surface area contributed by atoms with Crippen molar-refractivity contribution >= 4 is 12.0 Å². The molecule has 0 saturated heterocycles. The van der Waals surface area contributed by atoms with E-state index in [1.807, 2.05) is 20.8 Å². The fourth-order valence-electron chi connectivity index (χ4n) is 2.51. The highest BCUT2D eigenvalue weighted by Gasteiger charge is 2.34. The first-order valence-corrected chi connectivity index (χ1v) is 6.99. The largest absolute Gasteiger partial charge is 0.480 e. The number of carboxylic acids is 1. The number of nitrogens with zero attached hydrogens (tertiary/aromatic N) is 1. The van der Waals surface area contributed by atoms with Gasteiger partial charge in [0.05, 0.1) is 0 Å². The fourth-order valence-corrected chi connectivity index (χ4v) is 2.51. The number of rotatable bonds is 3. The van der Waals surface area contributed by atoms with Gasteiger partial charge in [-0.15, -0.1) is 0 Å². The molecule has 0 aromatic rings. The molecule has 1 rings (SSSR count). The molecule has 1 saturated carbocycles. The molecule has 1 aliphatic carbocycles. The summed E-state index contributed by atoms with van der Waals surface area (Å²) in [5.41, 5.74) is -0.505. The molecule has 0 aromatic carbocycles. The molecule has 0 aromatic heterocycles. The first kappa shape index (κ1) is 15.8. The molecule has 5 nitrogen and oxygen atoms in total. The number of aliphatic carboxylic acids is 1. The summed E-state index contributed by atoms with van der Waals surface area (Å²) in [6.07, 6.45) is 5.54. The van der Waals surface area contributed by atoms with Gasteiger partial charge in [-0.3, -0.25) is 0 Å². The van der Waals surface area contributed by atoms with Gasteiger partial charge in [0.1, 0.15) is 6.04 Å². The Labute approximate surface area is 115 Å². The number of hydrogen-bond acceptors (Lipinski definition) is 2. The lowest BCUT2D eigenvalue weighted by molar-refractivity contribution is -0.142. The Hall–Kier alpha value is -1.26. The standard InChI is InChI=1S/C14H26N2O3/c1-14(2,3)11(12(17)18)15-13(19)16(4)10-8-6-5-7-9-10/h10-11H,5-9H2,1-4H3,(H,15,19)(H,17,18)/t11-/m1/s1. The van der Waals surface area contributed by atoms with E-state index in [0.29, 0.717) is 0 Å². The third kappa shape index (κ3) is 4.40. The minimum atomic E-state index is -0.988. The summed E-state index contributed by atoms with van der Waals surface area (Å²) >= 11 is 0. The van der Waals surface area contributed by atoms with Gasteiger partial charge in [0.25, 0.3) is 0 Å². The van der Waals surface area contributed by atoms with E-state index in [4.69, 9.17) is 0 Å². The second-order valence-electron chi connectivity index (χ2n) is 6.49. The predicted octanol–water partition coefficient (Wildman–Crippen LogP) is 2.46. The van der Waals surface area contributed by atoms with E-state index in [0.717, 1.165) is 25.7 Å². The summed E-state index contributed by atoms with van der Waals surface area (Å²) in [6.45, 7) is 5.44. The Morgan fingerprint density at radius 3 is 2.16 bits per heavy atom. The van der Waals surface area contributed by atoms with Crippen LogP contribution in [0.2, 0.25) is 0 Å². The Balaban J connectivity index is 2.63. The van der Waals surface area contributed by atoms with Crippen LogP contribution in [0.15, 0.2) is 0 Å². The van der Waals surface area contributed by atoms with E-state index in [2.05, 4.69) is 5.32 Å². The highest BCUT2D eigenvalue weighted by Crippen LogP contribution is 2.23. The van der Waals surface area contributed by atoms with Crippen LogP contribution in [0.4, 0.5) is 4.79 Å². The zero-order chi connectivity index (χ0) is 14.6. The Morgan fingerprint density at radius 2 is 1.74 bits per heavy atom. The molecule has 19 heavy (non-hydrogen) atoms. The maximum atomic E-state index is 12.2. The third-order valence-corrected chi connectivity index (χ3v) is 3.82. The van der Waals surface area contributed by atoms with Gasteiger partial charge in [0.2, 0.25) is 0 Å². The van der Waals surface area contributed by atoms with Gasteiger partial charge in [-0.05, 0) is 18.3 Å². The van der Waals surface area contributed by atoms with Crippen LogP contribution in [0.3, 0.4) is 0 Å². The van der Waals surface area contributed by atoms with Gasteiger partial charge in [0, 0.05) is 13.1 Å². The Morgan fingerprint density at radius 1 is 1.21 bits per heavy atom. The molecule has 0 radical (unpaired) electrons. The van der Waals surface area contributed by atoms with Crippen LogP contribution < -0.4 is 5.32 Å². The summed E-state index contributed by atoms with van der Waals surface area (Å²) in [7, 11) is 1.76. The molecule has 0 spiro atoms. The van der Waals surface area contributed by atoms with Crippen LogP contribution in [0.1, 0.15) is 52.9 Å². The maximum Gasteiger partial charge on any atom is 0.326 e. The number of hydrogen-bond donors (Lipinski definition) is 2. The second-order valence-corrected chi connectivity index (χ2v) is 6.49. The minimum Gasteiger partial charge on any atom is -0.480 e. The predicted molar refractivity (Wildman–Crippen MR) is 74.0 cm³/mol. The molecule has 0 unspecified atom stereocenters. The molecule has 2 N–H and O–H groups in total. The lowest BCUT2D eigenvalue weighted by Crippen LogP contribution is -2.54. The van der Waals surface area contributed by atoms with Crippen molar-refractivity contribution in [3.05, 3.63) is 0 Å². The summed E-state index contributed by atoms with van der Waals surface area (Å²) in [6, 6.07) is -0.913. The summed E-state index contributed by atoms with van der Waals surface area (Å²) in [5, 5.41) is 11.9. The van der Waals surface area contributed by atoms with E-state index < -0.39 is 17.4 Å². The van der Waals surface area contributed by atoms with Crippen LogP contribution in [0.25, 0.3) is 0 Å². The number of carboxylic acid groups (broad SMARTS) is 1. The summed E-state index contributed by atoms with van der Waals surface area (Å²) < 4.78 is 0. The quantitative estimate of drug-likeness (QED) is 0.827. The first-order valence-electron chi connectivity index (χ1n) is 6.99. The molecule has 5 heteroatoms. The lowest BCUT2D eigenvalue weighted by atomic mass is 9.87. The van der Waals surface area contributed by atoms with E-state index >= 15 is 0 Å². The van der Waals surface area contributed by atoms with Crippen LogP contribution in [0, 0.1) is 5.41 Å². The molecule has 110 valence electrons. The van der Waals surface area contributed by atoms with Crippen molar-refractivity contribution in [2.24, 2.45) is 5.41 Å². The van der Waals surface area contributed by atoms with E-state index in [1.54, 1.807) is 11.9 Å². The molecule has 1 atom stereocenters. The third-order valence-electron chi connectivity index (χ3n) is 3.82. The zero-order valence-electron chi connectivity index (χ0n) is 12.4. The number of carbonyl (C=O) groups is 2. The SMILES string of the molecule is CN(C(=O)N[C@H](C(=O)O)C(C)(C)C)C1CCCCC1. The molecule has 2 amide bonds. The van der Waals surface area contributed by atoms with Crippen molar-refractivity contribution in [3.8, 4) is 0 Å². The van der Waals surface area contributed by atoms with Crippen LogP contribution in [0.5, 0.6) is 0 Å². The van der Waals surface area contributed by atoms with Gasteiger partial charge in [-0.2, -0.15) is 0 Å². The molecular weight excluding hydrogens is 244 g/mol. The number of carbonyl (C=O) groups excluding carboxylic acids is 1. The van der Waals surface area contributed by atoms with Crippen molar-refractivity contribution in [1.29, 1.82) is 0 Å². The fraction of sp³-hybridized carbons (Fsp3) is 0.857. The van der Waals surface area contributed by atoms with Crippen LogP contribution in [-0.2, 0) is 4.79 Å². The van der Waals surface area contributed by atoms with E-state index in [9.17, 15) is 14.7 Å². The number of urea groups is 1. The molecule has 1 fully saturated rings. The summed E-state index contributed by atoms with van der Waals surface area (Å²) in [4.78, 5) is 25.1. The number of nitrogens with one attached hydrogen (secondary N) is 1. The van der Waals surface area contributed by atoms with Crippen molar-refractivity contribution < 1.29 is 14.7 Å². The Kier molecular flexibility index (Phi) is 5.20. The smallest absolute Gasteiger partial charge is 0.326 e.